The van der Waals surface area contributed by atoms with Crippen LogP contribution in [0, 0.1) is 10.1 Å². The highest BCUT2D eigenvalue weighted by atomic mass is 16.6. The van der Waals surface area contributed by atoms with Crippen LogP contribution in [0.3, 0.4) is 0 Å². The Hall–Kier alpha value is -2.16. The van der Waals surface area contributed by atoms with E-state index in [4.69, 9.17) is 0 Å². The van der Waals surface area contributed by atoms with Crippen molar-refractivity contribution >= 4 is 5.69 Å². The fraction of sp³-hybridized carbons (Fsp3) is 0.455. The van der Waals surface area contributed by atoms with Crippen LogP contribution in [0.5, 0.6) is 0 Å². The summed E-state index contributed by atoms with van der Waals surface area (Å²) < 4.78 is 0. The fourth-order valence-electron chi connectivity index (χ4n) is 3.59. The topological polar surface area (TPSA) is 43.1 Å². The molecule has 3 nitrogen and oxygen atoms in total. The van der Waals surface area contributed by atoms with Gasteiger partial charge in [0.05, 0.1) is 4.92 Å². The van der Waals surface area contributed by atoms with Crippen LogP contribution in [0.4, 0.5) is 5.69 Å². The van der Waals surface area contributed by atoms with Crippen molar-refractivity contribution in [2.75, 3.05) is 0 Å². The van der Waals surface area contributed by atoms with Crippen molar-refractivity contribution in [1.29, 1.82) is 0 Å². The van der Waals surface area contributed by atoms with Crippen LogP contribution in [-0.2, 0) is 25.7 Å². The van der Waals surface area contributed by atoms with E-state index in [9.17, 15) is 10.1 Å². The van der Waals surface area contributed by atoms with E-state index in [0.29, 0.717) is 0 Å². The molecule has 0 heterocycles. The Kier molecular flexibility index (Phi) is 6.21. The Balaban J connectivity index is 1.25. The largest absolute Gasteiger partial charge is 0.269 e. The van der Waals surface area contributed by atoms with E-state index in [-0.39, 0.29) is 10.6 Å². The molecular weight excluding hydrogens is 310 g/mol. The molecule has 2 aromatic rings. The van der Waals surface area contributed by atoms with Gasteiger partial charge in [0, 0.05) is 12.1 Å². The summed E-state index contributed by atoms with van der Waals surface area (Å²) in [6.07, 6.45) is 12.2. The molecule has 0 atom stereocenters. The Morgan fingerprint density at radius 1 is 0.760 bits per heavy atom. The number of nitro benzene ring substituents is 1. The van der Waals surface area contributed by atoms with Gasteiger partial charge in [-0.1, -0.05) is 56.0 Å². The minimum Gasteiger partial charge on any atom is -0.258 e. The number of hydrogen-bond donors (Lipinski definition) is 0. The first-order chi connectivity index (χ1) is 12.2. The van der Waals surface area contributed by atoms with Crippen molar-refractivity contribution in [3.8, 4) is 0 Å². The van der Waals surface area contributed by atoms with Crippen LogP contribution >= 0.6 is 0 Å². The summed E-state index contributed by atoms with van der Waals surface area (Å²) in [6.45, 7) is 0. The lowest BCUT2D eigenvalue weighted by Crippen LogP contribution is -2.08. The molecule has 0 unspecified atom stereocenters. The molecule has 1 aliphatic rings. The number of nitro groups is 1. The highest BCUT2D eigenvalue weighted by Gasteiger charge is 2.12. The van der Waals surface area contributed by atoms with Crippen LogP contribution in [0.15, 0.2) is 42.5 Å². The van der Waals surface area contributed by atoms with Gasteiger partial charge in [-0.2, -0.15) is 0 Å². The number of fused-ring (bicyclic) bond motifs is 1. The van der Waals surface area contributed by atoms with Gasteiger partial charge in [-0.05, 0) is 60.8 Å². The van der Waals surface area contributed by atoms with E-state index in [1.807, 2.05) is 6.07 Å². The molecule has 0 amide bonds. The molecule has 0 aliphatic heterocycles. The minimum atomic E-state index is -0.317. The lowest BCUT2D eigenvalue weighted by atomic mass is 9.86. The molecular formula is C22H27NO2. The highest BCUT2D eigenvalue weighted by Crippen LogP contribution is 2.24. The van der Waals surface area contributed by atoms with E-state index < -0.39 is 0 Å². The molecule has 3 rings (SSSR count). The first-order valence-corrected chi connectivity index (χ1v) is 9.56. The van der Waals surface area contributed by atoms with Crippen molar-refractivity contribution in [2.24, 2.45) is 0 Å². The molecule has 0 spiro atoms. The summed E-state index contributed by atoms with van der Waals surface area (Å²) in [6, 6.07) is 14.0. The number of nitrogens with zero attached hydrogens (tertiary/aromatic N) is 1. The lowest BCUT2D eigenvalue weighted by Gasteiger charge is -2.19. The maximum absolute atomic E-state index is 10.8. The van der Waals surface area contributed by atoms with Gasteiger partial charge in [0.25, 0.3) is 5.69 Å². The zero-order valence-electron chi connectivity index (χ0n) is 14.9. The van der Waals surface area contributed by atoms with Crippen molar-refractivity contribution in [3.63, 3.8) is 0 Å². The average Bonchev–Trinajstić information content (AvgIpc) is 2.59. The van der Waals surface area contributed by atoms with Crippen molar-refractivity contribution in [3.05, 3.63) is 74.8 Å². The van der Waals surface area contributed by atoms with Gasteiger partial charge in [0.1, 0.15) is 0 Å². The number of non-ortho nitro benzene ring substituents is 1. The Morgan fingerprint density at radius 3 is 2.00 bits per heavy atom. The number of rotatable bonds is 10. The lowest BCUT2D eigenvalue weighted by molar-refractivity contribution is -0.384. The summed E-state index contributed by atoms with van der Waals surface area (Å²) in [5.41, 5.74) is 5.90. The first kappa shape index (κ1) is 17.7. The monoisotopic (exact) mass is 337 g/mol. The van der Waals surface area contributed by atoms with E-state index in [1.54, 1.807) is 29.3 Å². The third-order valence-electron chi connectivity index (χ3n) is 5.24. The average molecular weight is 337 g/mol. The maximum atomic E-state index is 10.8. The molecule has 132 valence electrons. The zero-order valence-corrected chi connectivity index (χ0v) is 14.9. The Morgan fingerprint density at radius 2 is 1.40 bits per heavy atom. The normalized spacial score (nSPS) is 12.5. The summed E-state index contributed by atoms with van der Waals surface area (Å²) in [7, 11) is 0. The van der Waals surface area contributed by atoms with Crippen molar-refractivity contribution < 1.29 is 4.92 Å². The molecule has 1 aliphatic carbocycles. The summed E-state index contributed by atoms with van der Waals surface area (Å²) in [5.74, 6) is 0. The van der Waals surface area contributed by atoms with Crippen molar-refractivity contribution in [2.45, 2.75) is 64.2 Å². The Labute approximate surface area is 150 Å². The molecule has 0 bridgehead atoms. The first-order valence-electron chi connectivity index (χ1n) is 9.56. The van der Waals surface area contributed by atoms with Gasteiger partial charge in [-0.25, -0.2) is 0 Å². The standard InChI is InChI=1S/C22H27NO2/c24-23(25)22-11-7-10-18(17-22)8-5-3-1-2-4-6-9-19-12-13-20-14-15-21(20)16-19/h7,10-13,16-17H,1-6,8-9,14-15H2. The van der Waals surface area contributed by atoms with Gasteiger partial charge >= 0.3 is 0 Å². The summed E-state index contributed by atoms with van der Waals surface area (Å²) in [5, 5.41) is 10.8. The number of unbranched alkanes of at least 4 members (excludes halogenated alkanes) is 5. The second-order valence-corrected chi connectivity index (χ2v) is 7.15. The van der Waals surface area contributed by atoms with Gasteiger partial charge in [-0.3, -0.25) is 10.1 Å². The molecule has 0 aromatic heterocycles. The smallest absolute Gasteiger partial charge is 0.258 e. The predicted octanol–water partition coefficient (Wildman–Crippen LogP) is 5.82. The van der Waals surface area contributed by atoms with Gasteiger partial charge in [0.2, 0.25) is 0 Å². The van der Waals surface area contributed by atoms with E-state index in [0.717, 1.165) is 18.4 Å². The zero-order chi connectivity index (χ0) is 17.5. The summed E-state index contributed by atoms with van der Waals surface area (Å²) in [4.78, 5) is 10.5. The quantitative estimate of drug-likeness (QED) is 0.311. The van der Waals surface area contributed by atoms with Crippen LogP contribution in [0.1, 0.15) is 60.8 Å². The molecule has 25 heavy (non-hydrogen) atoms. The van der Waals surface area contributed by atoms with Gasteiger partial charge in [-0.15, -0.1) is 0 Å². The minimum absolute atomic E-state index is 0.202. The number of aryl methyl sites for hydroxylation is 4. The molecule has 0 N–H and O–H groups in total. The van der Waals surface area contributed by atoms with E-state index in [2.05, 4.69) is 18.2 Å². The second-order valence-electron chi connectivity index (χ2n) is 7.15. The third-order valence-corrected chi connectivity index (χ3v) is 5.24. The van der Waals surface area contributed by atoms with E-state index in [1.165, 1.54) is 56.9 Å². The van der Waals surface area contributed by atoms with Crippen LogP contribution in [0.2, 0.25) is 0 Å². The van der Waals surface area contributed by atoms with Crippen LogP contribution < -0.4 is 0 Å². The van der Waals surface area contributed by atoms with E-state index >= 15 is 0 Å². The Bertz CT molecular complexity index is 724. The summed E-state index contributed by atoms with van der Waals surface area (Å²) >= 11 is 0. The van der Waals surface area contributed by atoms with Crippen molar-refractivity contribution in [1.82, 2.24) is 0 Å². The molecule has 3 heteroatoms. The third kappa shape index (κ3) is 5.15. The number of benzene rings is 2. The van der Waals surface area contributed by atoms with Crippen LogP contribution in [-0.4, -0.2) is 4.92 Å². The predicted molar refractivity (Wildman–Crippen MR) is 102 cm³/mol. The number of hydrogen-bond acceptors (Lipinski definition) is 2. The molecule has 0 radical (unpaired) electrons. The molecule has 0 saturated heterocycles. The fourth-order valence-corrected chi connectivity index (χ4v) is 3.59. The molecule has 0 saturated carbocycles. The van der Waals surface area contributed by atoms with Gasteiger partial charge in [0.15, 0.2) is 0 Å². The van der Waals surface area contributed by atoms with Crippen LogP contribution in [0.25, 0.3) is 0 Å². The maximum Gasteiger partial charge on any atom is 0.269 e. The molecule has 0 fully saturated rings. The molecule has 2 aromatic carbocycles. The second kappa shape index (κ2) is 8.80. The highest BCUT2D eigenvalue weighted by molar-refractivity contribution is 5.38. The van der Waals surface area contributed by atoms with Gasteiger partial charge < -0.3 is 0 Å². The SMILES string of the molecule is O=[N+]([O-])c1cccc(CCCCCCCCc2ccc3c(c2)CC3)c1.